The van der Waals surface area contributed by atoms with Crippen LogP contribution in [-0.2, 0) is 13.6 Å². The highest BCUT2D eigenvalue weighted by molar-refractivity contribution is 5.65. The minimum atomic E-state index is 0.569. The highest BCUT2D eigenvalue weighted by Crippen LogP contribution is 2.28. The van der Waals surface area contributed by atoms with Gasteiger partial charge < -0.3 is 14.8 Å². The minimum absolute atomic E-state index is 0.569. The second kappa shape index (κ2) is 7.43. The van der Waals surface area contributed by atoms with Gasteiger partial charge in [0.25, 0.3) is 0 Å². The van der Waals surface area contributed by atoms with Gasteiger partial charge in [0.2, 0.25) is 5.95 Å². The molecular weight excluding hydrogens is 330 g/mol. The summed E-state index contributed by atoms with van der Waals surface area (Å²) in [6.07, 6.45) is 1.76. The van der Waals surface area contributed by atoms with Crippen LogP contribution < -0.4 is 14.8 Å². The second-order valence-electron chi connectivity index (χ2n) is 5.98. The summed E-state index contributed by atoms with van der Waals surface area (Å²) in [6.45, 7) is 4.60. The molecule has 0 aliphatic carbocycles. The first-order valence-electron chi connectivity index (χ1n) is 8.32. The highest BCUT2D eigenvalue weighted by Gasteiger charge is 2.13. The molecule has 0 bridgehead atoms. The van der Waals surface area contributed by atoms with Crippen molar-refractivity contribution in [2.45, 2.75) is 20.4 Å². The lowest BCUT2D eigenvalue weighted by Gasteiger charge is -2.11. The van der Waals surface area contributed by atoms with Gasteiger partial charge in [-0.25, -0.2) is 9.97 Å². The van der Waals surface area contributed by atoms with E-state index in [1.165, 1.54) is 0 Å². The molecule has 0 saturated heterocycles. The molecule has 1 N–H and O–H groups in total. The fourth-order valence-electron chi connectivity index (χ4n) is 2.90. The molecule has 7 heteroatoms. The zero-order chi connectivity index (χ0) is 18.7. The van der Waals surface area contributed by atoms with Crippen molar-refractivity contribution in [3.05, 3.63) is 47.4 Å². The van der Waals surface area contributed by atoms with Crippen LogP contribution in [0.25, 0.3) is 11.3 Å². The smallest absolute Gasteiger partial charge is 0.223 e. The molecule has 0 saturated carbocycles. The number of ether oxygens (including phenoxy) is 2. The van der Waals surface area contributed by atoms with Gasteiger partial charge in [0.05, 0.1) is 25.6 Å². The Morgan fingerprint density at radius 3 is 2.50 bits per heavy atom. The van der Waals surface area contributed by atoms with Crippen molar-refractivity contribution in [1.82, 2.24) is 19.7 Å². The third-order valence-corrected chi connectivity index (χ3v) is 4.32. The molecule has 136 valence electrons. The molecule has 0 aliphatic heterocycles. The van der Waals surface area contributed by atoms with Gasteiger partial charge in [-0.1, -0.05) is 6.07 Å². The van der Waals surface area contributed by atoms with E-state index in [1.54, 1.807) is 20.4 Å². The molecule has 0 aliphatic rings. The monoisotopic (exact) mass is 353 g/mol. The van der Waals surface area contributed by atoms with Crippen molar-refractivity contribution in [2.24, 2.45) is 7.05 Å². The summed E-state index contributed by atoms with van der Waals surface area (Å²) >= 11 is 0. The van der Waals surface area contributed by atoms with E-state index in [1.807, 2.05) is 49.8 Å². The molecule has 0 amide bonds. The largest absolute Gasteiger partial charge is 0.493 e. The van der Waals surface area contributed by atoms with Crippen LogP contribution in [0.5, 0.6) is 11.5 Å². The van der Waals surface area contributed by atoms with E-state index < -0.39 is 0 Å². The number of methoxy groups -OCH3 is 2. The van der Waals surface area contributed by atoms with Gasteiger partial charge in [-0.05, 0) is 37.6 Å². The minimum Gasteiger partial charge on any atom is -0.493 e. The Balaban J connectivity index is 1.79. The second-order valence-corrected chi connectivity index (χ2v) is 5.98. The Labute approximate surface area is 153 Å². The van der Waals surface area contributed by atoms with Crippen LogP contribution in [0.4, 0.5) is 5.95 Å². The van der Waals surface area contributed by atoms with Crippen molar-refractivity contribution < 1.29 is 9.47 Å². The fourth-order valence-corrected chi connectivity index (χ4v) is 2.90. The van der Waals surface area contributed by atoms with E-state index in [-0.39, 0.29) is 0 Å². The van der Waals surface area contributed by atoms with Gasteiger partial charge in [-0.2, -0.15) is 5.10 Å². The maximum Gasteiger partial charge on any atom is 0.223 e. The number of benzene rings is 1. The maximum absolute atomic E-state index is 5.34. The van der Waals surface area contributed by atoms with E-state index in [4.69, 9.17) is 9.47 Å². The summed E-state index contributed by atoms with van der Waals surface area (Å²) in [7, 11) is 5.18. The van der Waals surface area contributed by atoms with E-state index >= 15 is 0 Å². The average molecular weight is 353 g/mol. The quantitative estimate of drug-likeness (QED) is 0.734. The molecule has 0 spiro atoms. The summed E-state index contributed by atoms with van der Waals surface area (Å²) in [5, 5.41) is 7.72. The number of aromatic nitrogens is 4. The molecule has 2 aromatic heterocycles. The topological polar surface area (TPSA) is 74.1 Å². The van der Waals surface area contributed by atoms with Crippen LogP contribution in [0.1, 0.15) is 17.0 Å². The number of hydrogen-bond acceptors (Lipinski definition) is 6. The highest BCUT2D eigenvalue weighted by atomic mass is 16.5. The van der Waals surface area contributed by atoms with Crippen molar-refractivity contribution in [2.75, 3.05) is 19.5 Å². The van der Waals surface area contributed by atoms with Crippen LogP contribution in [0.15, 0.2) is 30.5 Å². The molecule has 0 radical (unpaired) electrons. The van der Waals surface area contributed by atoms with Gasteiger partial charge in [-0.3, -0.25) is 4.68 Å². The van der Waals surface area contributed by atoms with Crippen molar-refractivity contribution in [3.8, 4) is 22.8 Å². The molecule has 0 unspecified atom stereocenters. The lowest BCUT2D eigenvalue weighted by atomic mass is 10.1. The third-order valence-electron chi connectivity index (χ3n) is 4.32. The van der Waals surface area contributed by atoms with Crippen LogP contribution >= 0.6 is 0 Å². The lowest BCUT2D eigenvalue weighted by molar-refractivity contribution is 0.354. The van der Waals surface area contributed by atoms with Crippen molar-refractivity contribution in [1.29, 1.82) is 0 Å². The fraction of sp³-hybridized carbons (Fsp3) is 0.316. The Bertz CT molecular complexity index is 920. The Morgan fingerprint density at radius 1 is 1.08 bits per heavy atom. The van der Waals surface area contributed by atoms with E-state index in [9.17, 15) is 0 Å². The first-order valence-corrected chi connectivity index (χ1v) is 8.32. The van der Waals surface area contributed by atoms with Crippen LogP contribution in [0.3, 0.4) is 0 Å². The van der Waals surface area contributed by atoms with Gasteiger partial charge in [0, 0.05) is 31.0 Å². The molecule has 7 nitrogen and oxygen atoms in total. The number of rotatable bonds is 6. The number of nitrogens with one attached hydrogen (secondary N) is 1. The first-order chi connectivity index (χ1) is 12.5. The Hall–Kier alpha value is -3.09. The Morgan fingerprint density at radius 2 is 1.85 bits per heavy atom. The van der Waals surface area contributed by atoms with E-state index in [0.717, 1.165) is 28.2 Å². The van der Waals surface area contributed by atoms with E-state index in [0.29, 0.717) is 24.0 Å². The zero-order valence-corrected chi connectivity index (χ0v) is 15.7. The van der Waals surface area contributed by atoms with Gasteiger partial charge in [0.1, 0.15) is 0 Å². The summed E-state index contributed by atoms with van der Waals surface area (Å²) in [5.41, 5.74) is 4.98. The maximum atomic E-state index is 5.34. The lowest BCUT2D eigenvalue weighted by Crippen LogP contribution is -2.04. The number of aryl methyl sites for hydroxylation is 2. The molecule has 3 rings (SSSR count). The summed E-state index contributed by atoms with van der Waals surface area (Å²) in [6, 6.07) is 7.70. The molecule has 1 aromatic carbocycles. The average Bonchev–Trinajstić information content (AvgIpc) is 2.91. The SMILES string of the molecule is COc1ccc(CNc2nccc(-c3c(C)nn(C)c3C)n2)cc1OC. The van der Waals surface area contributed by atoms with Crippen LogP contribution in [-0.4, -0.2) is 34.0 Å². The standard InChI is InChI=1S/C19H23N5O2/c1-12-18(13(2)24(3)23-12)15-8-9-20-19(22-15)21-11-14-6-7-16(25-4)17(10-14)26-5/h6-10H,11H2,1-5H3,(H,20,21,22). The van der Waals surface area contributed by atoms with Crippen molar-refractivity contribution >= 4 is 5.95 Å². The summed E-state index contributed by atoms with van der Waals surface area (Å²) in [4.78, 5) is 8.95. The predicted molar refractivity (Wildman–Crippen MR) is 101 cm³/mol. The Kier molecular flexibility index (Phi) is 5.06. The molecule has 0 fully saturated rings. The van der Waals surface area contributed by atoms with E-state index in [2.05, 4.69) is 20.4 Å². The van der Waals surface area contributed by atoms with Gasteiger partial charge in [-0.15, -0.1) is 0 Å². The molecule has 26 heavy (non-hydrogen) atoms. The number of hydrogen-bond donors (Lipinski definition) is 1. The number of nitrogens with zero attached hydrogens (tertiary/aromatic N) is 4. The molecule has 2 heterocycles. The van der Waals surface area contributed by atoms with Gasteiger partial charge >= 0.3 is 0 Å². The van der Waals surface area contributed by atoms with Gasteiger partial charge in [0.15, 0.2) is 11.5 Å². The van der Waals surface area contributed by atoms with Crippen LogP contribution in [0.2, 0.25) is 0 Å². The molecule has 0 atom stereocenters. The predicted octanol–water partition coefficient (Wildman–Crippen LogP) is 3.12. The van der Waals surface area contributed by atoms with Crippen molar-refractivity contribution in [3.63, 3.8) is 0 Å². The normalized spacial score (nSPS) is 10.7. The summed E-state index contributed by atoms with van der Waals surface area (Å²) < 4.78 is 12.5. The first kappa shape index (κ1) is 17.7. The third kappa shape index (κ3) is 3.46. The zero-order valence-electron chi connectivity index (χ0n) is 15.7. The molecular formula is C19H23N5O2. The van der Waals surface area contributed by atoms with Crippen LogP contribution in [0, 0.1) is 13.8 Å². The number of anilines is 1. The summed E-state index contributed by atoms with van der Waals surface area (Å²) in [5.74, 6) is 1.97. The molecule has 3 aromatic rings.